The van der Waals surface area contributed by atoms with Crippen molar-refractivity contribution in [2.24, 2.45) is 5.73 Å². The summed E-state index contributed by atoms with van der Waals surface area (Å²) >= 11 is 6.37. The van der Waals surface area contributed by atoms with Crippen LogP contribution in [0.25, 0.3) is 16.6 Å². The molecule has 4 heteroatoms. The Morgan fingerprint density at radius 2 is 1.80 bits per heavy atom. The molecule has 0 saturated heterocycles. The zero-order valence-electron chi connectivity index (χ0n) is 10.7. The van der Waals surface area contributed by atoms with Gasteiger partial charge in [-0.05, 0) is 23.8 Å². The van der Waals surface area contributed by atoms with Crippen LogP contribution in [-0.2, 0) is 6.54 Å². The van der Waals surface area contributed by atoms with Crippen LogP contribution in [-0.4, -0.2) is 10.9 Å². The first-order valence-corrected chi connectivity index (χ1v) is 6.67. The lowest BCUT2D eigenvalue weighted by molar-refractivity contribution is 0.112. The van der Waals surface area contributed by atoms with Gasteiger partial charge in [0, 0.05) is 17.6 Å². The van der Waals surface area contributed by atoms with Gasteiger partial charge in [-0.25, -0.2) is 0 Å². The lowest BCUT2D eigenvalue weighted by Gasteiger charge is -2.08. The van der Waals surface area contributed by atoms with Crippen molar-refractivity contribution in [3.63, 3.8) is 0 Å². The Kier molecular flexibility index (Phi) is 3.30. The highest BCUT2D eigenvalue weighted by molar-refractivity contribution is 6.34. The lowest BCUT2D eigenvalue weighted by Crippen LogP contribution is -1.98. The molecule has 100 valence electrons. The molecule has 0 bridgehead atoms. The number of carbonyl (C=O) groups excluding carboxylic acids is 1. The molecule has 0 aliphatic carbocycles. The number of rotatable bonds is 3. The molecule has 3 rings (SSSR count). The number of halogens is 1. The third-order valence-corrected chi connectivity index (χ3v) is 3.77. The van der Waals surface area contributed by atoms with Gasteiger partial charge in [-0.3, -0.25) is 9.36 Å². The minimum Gasteiger partial charge on any atom is -0.326 e. The number of nitrogens with zero attached hydrogens (tertiary/aromatic N) is 1. The smallest absolute Gasteiger partial charge is 0.153 e. The van der Waals surface area contributed by atoms with Crippen molar-refractivity contribution in [2.75, 3.05) is 0 Å². The van der Waals surface area contributed by atoms with Gasteiger partial charge < -0.3 is 5.73 Å². The molecule has 20 heavy (non-hydrogen) atoms. The van der Waals surface area contributed by atoms with Gasteiger partial charge in [-0.15, -0.1) is 0 Å². The van der Waals surface area contributed by atoms with Crippen LogP contribution in [0.15, 0.2) is 48.5 Å². The predicted octanol–water partition coefficient (Wildman–Crippen LogP) is 3.56. The van der Waals surface area contributed by atoms with Crippen molar-refractivity contribution < 1.29 is 4.79 Å². The minimum absolute atomic E-state index is 0.432. The molecule has 0 aliphatic heterocycles. The van der Waals surface area contributed by atoms with E-state index in [1.807, 2.05) is 53.1 Å². The van der Waals surface area contributed by atoms with Gasteiger partial charge in [0.1, 0.15) is 5.15 Å². The first kappa shape index (κ1) is 12.9. The molecule has 0 amide bonds. The summed E-state index contributed by atoms with van der Waals surface area (Å²) in [7, 11) is 0. The summed E-state index contributed by atoms with van der Waals surface area (Å²) in [6, 6.07) is 15.5. The van der Waals surface area contributed by atoms with Crippen LogP contribution in [0.1, 0.15) is 15.9 Å². The first-order valence-electron chi connectivity index (χ1n) is 6.29. The molecule has 0 spiro atoms. The monoisotopic (exact) mass is 284 g/mol. The molecule has 0 fully saturated rings. The molecule has 2 N–H and O–H groups in total. The zero-order valence-corrected chi connectivity index (χ0v) is 11.5. The van der Waals surface area contributed by atoms with Crippen LogP contribution < -0.4 is 5.73 Å². The third kappa shape index (κ3) is 1.92. The number of nitrogens with two attached hydrogens (primary N) is 1. The summed E-state index contributed by atoms with van der Waals surface area (Å²) < 4.78 is 1.88. The van der Waals surface area contributed by atoms with E-state index in [0.717, 1.165) is 28.4 Å². The summed E-state index contributed by atoms with van der Waals surface area (Å²) in [6.07, 6.45) is 0.801. The molecule has 0 aliphatic rings. The van der Waals surface area contributed by atoms with Crippen LogP contribution in [0.2, 0.25) is 5.15 Å². The normalized spacial score (nSPS) is 10.9. The van der Waals surface area contributed by atoms with Crippen molar-refractivity contribution in [1.82, 2.24) is 4.57 Å². The van der Waals surface area contributed by atoms with Crippen molar-refractivity contribution in [2.45, 2.75) is 6.54 Å². The Balaban J connectivity index is 2.29. The quantitative estimate of drug-likeness (QED) is 0.748. The fraction of sp³-hybridized carbons (Fsp3) is 0.0625. The van der Waals surface area contributed by atoms with E-state index >= 15 is 0 Å². The van der Waals surface area contributed by atoms with E-state index in [1.54, 1.807) is 0 Å². The molecule has 0 unspecified atom stereocenters. The molecular formula is C16H13ClN2O. The standard InChI is InChI=1S/C16H13ClN2O/c17-16-14(10-20)13-3-1-2-4-15(13)19(16)12-7-5-11(9-18)6-8-12/h1-8,10H,9,18H2. The maximum absolute atomic E-state index is 11.3. The number of hydrogen-bond acceptors (Lipinski definition) is 2. The highest BCUT2D eigenvalue weighted by atomic mass is 35.5. The molecule has 0 atom stereocenters. The molecule has 3 aromatic rings. The summed E-state index contributed by atoms with van der Waals surface area (Å²) in [5.74, 6) is 0. The van der Waals surface area contributed by atoms with E-state index in [4.69, 9.17) is 17.3 Å². The number of aromatic nitrogens is 1. The van der Waals surface area contributed by atoms with E-state index < -0.39 is 0 Å². The van der Waals surface area contributed by atoms with Gasteiger partial charge in [0.15, 0.2) is 6.29 Å². The molecule has 1 aromatic heterocycles. The van der Waals surface area contributed by atoms with E-state index in [-0.39, 0.29) is 0 Å². The lowest BCUT2D eigenvalue weighted by atomic mass is 10.2. The van der Waals surface area contributed by atoms with Crippen LogP contribution in [0, 0.1) is 0 Å². The van der Waals surface area contributed by atoms with Crippen LogP contribution in [0.4, 0.5) is 0 Å². The van der Waals surface area contributed by atoms with Gasteiger partial charge in [-0.1, -0.05) is 41.9 Å². The minimum atomic E-state index is 0.432. The fourth-order valence-electron chi connectivity index (χ4n) is 2.38. The summed E-state index contributed by atoms with van der Waals surface area (Å²) in [5.41, 5.74) is 9.01. The maximum Gasteiger partial charge on any atom is 0.153 e. The predicted molar refractivity (Wildman–Crippen MR) is 81.6 cm³/mol. The largest absolute Gasteiger partial charge is 0.326 e. The number of fused-ring (bicyclic) bond motifs is 1. The number of benzene rings is 2. The Labute approximate surface area is 121 Å². The maximum atomic E-state index is 11.3. The van der Waals surface area contributed by atoms with E-state index in [2.05, 4.69) is 0 Å². The van der Waals surface area contributed by atoms with Crippen LogP contribution in [0.5, 0.6) is 0 Å². The van der Waals surface area contributed by atoms with Gasteiger partial charge in [0.2, 0.25) is 0 Å². The van der Waals surface area contributed by atoms with E-state index in [9.17, 15) is 4.79 Å². The molecule has 1 heterocycles. The Morgan fingerprint density at radius 3 is 2.45 bits per heavy atom. The average molecular weight is 285 g/mol. The van der Waals surface area contributed by atoms with Crippen molar-refractivity contribution in [1.29, 1.82) is 0 Å². The molecule has 0 radical (unpaired) electrons. The second-order valence-electron chi connectivity index (χ2n) is 4.55. The molecule has 2 aromatic carbocycles. The van der Waals surface area contributed by atoms with Crippen molar-refractivity contribution in [3.05, 3.63) is 64.8 Å². The number of carbonyl (C=O) groups is 1. The van der Waals surface area contributed by atoms with Gasteiger partial charge in [0.05, 0.1) is 11.1 Å². The van der Waals surface area contributed by atoms with Gasteiger partial charge >= 0.3 is 0 Å². The second kappa shape index (κ2) is 5.12. The number of aldehydes is 1. The number of hydrogen-bond donors (Lipinski definition) is 1. The van der Waals surface area contributed by atoms with Crippen molar-refractivity contribution in [3.8, 4) is 5.69 Å². The van der Waals surface area contributed by atoms with E-state index in [0.29, 0.717) is 17.3 Å². The average Bonchev–Trinajstić information content (AvgIpc) is 2.79. The topological polar surface area (TPSA) is 48.0 Å². The Morgan fingerprint density at radius 1 is 1.10 bits per heavy atom. The van der Waals surface area contributed by atoms with Crippen LogP contribution in [0.3, 0.4) is 0 Å². The summed E-state index contributed by atoms with van der Waals surface area (Å²) in [6.45, 7) is 0.500. The first-order chi connectivity index (χ1) is 9.76. The van der Waals surface area contributed by atoms with Gasteiger partial charge in [0.25, 0.3) is 0 Å². The Bertz CT molecular complexity index is 775. The highest BCUT2D eigenvalue weighted by Crippen LogP contribution is 2.31. The molecular weight excluding hydrogens is 272 g/mol. The SMILES string of the molecule is NCc1ccc(-n2c(Cl)c(C=O)c3ccccc32)cc1. The van der Waals surface area contributed by atoms with Crippen LogP contribution >= 0.6 is 11.6 Å². The van der Waals surface area contributed by atoms with Gasteiger partial charge in [-0.2, -0.15) is 0 Å². The van der Waals surface area contributed by atoms with Crippen molar-refractivity contribution >= 4 is 28.8 Å². The second-order valence-corrected chi connectivity index (χ2v) is 4.90. The summed E-state index contributed by atoms with van der Waals surface area (Å²) in [4.78, 5) is 11.3. The Hall–Kier alpha value is -2.10. The third-order valence-electron chi connectivity index (χ3n) is 3.40. The highest BCUT2D eigenvalue weighted by Gasteiger charge is 2.15. The fourth-order valence-corrected chi connectivity index (χ4v) is 2.71. The number of para-hydroxylation sites is 1. The molecule has 0 saturated carbocycles. The zero-order chi connectivity index (χ0) is 14.1. The van der Waals surface area contributed by atoms with E-state index in [1.165, 1.54) is 0 Å². The molecule has 3 nitrogen and oxygen atoms in total. The summed E-state index contributed by atoms with van der Waals surface area (Å²) in [5, 5.41) is 1.29.